The Labute approximate surface area is 472 Å². The number of fused-ring (bicyclic) bond motifs is 1. The van der Waals surface area contributed by atoms with Crippen molar-refractivity contribution in [2.24, 2.45) is 0 Å². The van der Waals surface area contributed by atoms with Gasteiger partial charge in [-0.3, -0.25) is 0 Å². The lowest BCUT2D eigenvalue weighted by Crippen LogP contribution is -2.35. The lowest BCUT2D eigenvalue weighted by atomic mass is 9.93. The molecule has 0 bridgehead atoms. The molecule has 0 saturated heterocycles. The van der Waals surface area contributed by atoms with E-state index in [9.17, 15) is 0 Å². The van der Waals surface area contributed by atoms with Gasteiger partial charge in [0.1, 0.15) is 69.6 Å². The Morgan fingerprint density at radius 3 is 1.16 bits per heavy atom. The van der Waals surface area contributed by atoms with Gasteiger partial charge in [0.15, 0.2) is 29.1 Å². The van der Waals surface area contributed by atoms with Crippen LogP contribution in [0.5, 0.6) is 46.0 Å². The monoisotopic (exact) mass is 1070 g/mol. The molecule has 0 spiro atoms. The number of hydrogen-bond acceptors (Lipinski definition) is 10. The van der Waals surface area contributed by atoms with E-state index in [1.54, 1.807) is 12.1 Å². The summed E-state index contributed by atoms with van der Waals surface area (Å²) in [7, 11) is 0. The third kappa shape index (κ3) is 14.4. The summed E-state index contributed by atoms with van der Waals surface area (Å²) >= 11 is 0. The van der Waals surface area contributed by atoms with Crippen molar-refractivity contribution < 1.29 is 47.4 Å². The SMILES string of the molecule is O=C(O[C@H]1Cc2c(OCc3ccccc3)cc(OCc3ccccc3)cc2O[C@H]1c1ccc(OCc2ccccc2)c(OCc2ccccc2)c1)c1cc(OCc2ccccc2)c(OCc2ccccc2)c(OCc2ccccc2)c1. The Hall–Kier alpha value is -9.93. The van der Waals surface area contributed by atoms with Gasteiger partial charge in [-0.15, -0.1) is 0 Å². The smallest absolute Gasteiger partial charge is 0.338 e. The molecule has 10 aromatic rings. The molecular weight excluding hydrogens is 1010 g/mol. The first-order chi connectivity index (χ1) is 40.0. The molecule has 0 aromatic heterocycles. The lowest BCUT2D eigenvalue weighted by molar-refractivity contribution is -0.0190. The first kappa shape index (κ1) is 53.1. The van der Waals surface area contributed by atoms with Gasteiger partial charge >= 0.3 is 5.97 Å². The molecule has 0 saturated carbocycles. The van der Waals surface area contributed by atoms with Crippen molar-refractivity contribution in [3.63, 3.8) is 0 Å². The fourth-order valence-electron chi connectivity index (χ4n) is 9.36. The minimum absolute atomic E-state index is 0.180. The van der Waals surface area contributed by atoms with E-state index in [0.29, 0.717) is 70.3 Å². The Balaban J connectivity index is 0.985. The molecule has 0 aliphatic carbocycles. The topological polar surface area (TPSA) is 100 Å². The van der Waals surface area contributed by atoms with Crippen molar-refractivity contribution >= 4 is 5.97 Å². The van der Waals surface area contributed by atoms with Crippen LogP contribution in [0.4, 0.5) is 0 Å². The second kappa shape index (κ2) is 26.6. The molecule has 10 nitrogen and oxygen atoms in total. The van der Waals surface area contributed by atoms with Crippen molar-refractivity contribution in [2.45, 2.75) is 64.9 Å². The molecule has 0 N–H and O–H groups in total. The van der Waals surface area contributed by atoms with Crippen LogP contribution in [0.1, 0.15) is 66.5 Å². The molecule has 81 heavy (non-hydrogen) atoms. The second-order valence-electron chi connectivity index (χ2n) is 19.5. The fourth-order valence-corrected chi connectivity index (χ4v) is 9.36. The average molecular weight is 1070 g/mol. The van der Waals surface area contributed by atoms with Crippen LogP contribution in [-0.2, 0) is 57.4 Å². The van der Waals surface area contributed by atoms with Gasteiger partial charge in [0.05, 0.1) is 5.56 Å². The molecule has 0 fully saturated rings. The van der Waals surface area contributed by atoms with Gasteiger partial charge in [-0.1, -0.05) is 218 Å². The number of rotatable bonds is 24. The highest BCUT2D eigenvalue weighted by atomic mass is 16.6. The van der Waals surface area contributed by atoms with Crippen LogP contribution in [-0.4, -0.2) is 12.1 Å². The Bertz CT molecular complexity index is 3520. The number of carbonyl (C=O) groups is 1. The van der Waals surface area contributed by atoms with E-state index in [1.165, 1.54) is 0 Å². The molecule has 10 heteroatoms. The first-order valence-electron chi connectivity index (χ1n) is 27.1. The van der Waals surface area contributed by atoms with Crippen LogP contribution < -0.4 is 37.9 Å². The lowest BCUT2D eigenvalue weighted by Gasteiger charge is -2.35. The largest absolute Gasteiger partial charge is 0.489 e. The molecule has 10 aromatic carbocycles. The van der Waals surface area contributed by atoms with Crippen LogP contribution in [0.2, 0.25) is 0 Å². The van der Waals surface area contributed by atoms with Gasteiger partial charge in [-0.25, -0.2) is 4.79 Å². The highest BCUT2D eigenvalue weighted by Crippen LogP contribution is 2.47. The Morgan fingerprint density at radius 2 is 0.728 bits per heavy atom. The maximum absolute atomic E-state index is 15.3. The molecule has 1 aliphatic rings. The molecule has 0 unspecified atom stereocenters. The molecule has 11 rings (SSSR count). The summed E-state index contributed by atoms with van der Waals surface area (Å²) in [5, 5.41) is 0. The molecule has 0 radical (unpaired) electrons. The molecular formula is C71H60O10. The number of carbonyl (C=O) groups excluding carboxylic acids is 1. The molecule has 404 valence electrons. The van der Waals surface area contributed by atoms with Crippen LogP contribution in [0.25, 0.3) is 0 Å². The van der Waals surface area contributed by atoms with Gasteiger partial charge in [0.25, 0.3) is 0 Å². The second-order valence-corrected chi connectivity index (χ2v) is 19.5. The maximum atomic E-state index is 15.3. The molecule has 0 amide bonds. The van der Waals surface area contributed by atoms with Crippen LogP contribution in [0.3, 0.4) is 0 Å². The number of ether oxygens (including phenoxy) is 9. The maximum Gasteiger partial charge on any atom is 0.338 e. The summed E-state index contributed by atoms with van der Waals surface area (Å²) in [6.45, 7) is 1.78. The average Bonchev–Trinajstić information content (AvgIpc) is 3.59. The van der Waals surface area contributed by atoms with Crippen molar-refractivity contribution in [3.8, 4) is 46.0 Å². The highest BCUT2D eigenvalue weighted by Gasteiger charge is 2.38. The van der Waals surface area contributed by atoms with Gasteiger partial charge < -0.3 is 42.6 Å². The van der Waals surface area contributed by atoms with Crippen LogP contribution in [0, 0.1) is 0 Å². The fraction of sp³-hybridized carbons (Fsp3) is 0.141. The van der Waals surface area contributed by atoms with Gasteiger partial charge in [-0.2, -0.15) is 0 Å². The number of benzene rings is 10. The summed E-state index contributed by atoms with van der Waals surface area (Å²) in [5.74, 6) is 2.94. The van der Waals surface area contributed by atoms with Crippen molar-refractivity contribution in [1.82, 2.24) is 0 Å². The third-order valence-corrected chi connectivity index (χ3v) is 13.6. The van der Waals surface area contributed by atoms with Gasteiger partial charge in [0.2, 0.25) is 5.75 Å². The summed E-state index contributed by atoms with van der Waals surface area (Å²) in [6.07, 6.45) is -1.59. The quantitative estimate of drug-likeness (QED) is 0.0544. The predicted molar refractivity (Wildman–Crippen MR) is 311 cm³/mol. The summed E-state index contributed by atoms with van der Waals surface area (Å²) in [6, 6.07) is 82.1. The minimum Gasteiger partial charge on any atom is -0.489 e. The predicted octanol–water partition coefficient (Wildman–Crippen LogP) is 15.6. The third-order valence-electron chi connectivity index (χ3n) is 13.6. The van der Waals surface area contributed by atoms with E-state index in [4.69, 9.17) is 42.6 Å². The van der Waals surface area contributed by atoms with E-state index in [-0.39, 0.29) is 45.0 Å². The zero-order chi connectivity index (χ0) is 54.8. The van der Waals surface area contributed by atoms with Crippen LogP contribution >= 0.6 is 0 Å². The highest BCUT2D eigenvalue weighted by molar-refractivity contribution is 5.91. The zero-order valence-corrected chi connectivity index (χ0v) is 44.6. The van der Waals surface area contributed by atoms with Crippen molar-refractivity contribution in [3.05, 3.63) is 310 Å². The minimum atomic E-state index is -0.922. The van der Waals surface area contributed by atoms with E-state index in [2.05, 4.69) is 0 Å². The van der Waals surface area contributed by atoms with Crippen LogP contribution in [0.15, 0.2) is 255 Å². The molecule has 2 atom stereocenters. The van der Waals surface area contributed by atoms with Crippen molar-refractivity contribution in [2.75, 3.05) is 0 Å². The van der Waals surface area contributed by atoms with Crippen molar-refractivity contribution in [1.29, 1.82) is 0 Å². The van der Waals surface area contributed by atoms with Gasteiger partial charge in [-0.05, 0) is 63.2 Å². The summed E-state index contributed by atoms with van der Waals surface area (Å²) < 4.78 is 60.0. The standard InChI is InChI=1S/C71H60O10/c72-71(59-39-66(77-48-55-30-16-5-17-31-55)70(79-50-57-34-20-7-21-35-57)67(40-59)78-49-56-32-18-6-19-33-56)81-68-43-61-63(75-46-53-26-12-3-13-27-53)41-60(73-44-51-22-8-1-9-23-51)42-64(61)80-69(68)58-36-37-62(74-45-52-24-10-2-11-25-52)65(38-58)76-47-54-28-14-4-15-29-54/h1-42,68-69H,43-50H2/t68-,69-/m0/s1. The number of hydrogen-bond donors (Lipinski definition) is 0. The van der Waals surface area contributed by atoms with E-state index < -0.39 is 18.2 Å². The summed E-state index contributed by atoms with van der Waals surface area (Å²) in [4.78, 5) is 15.3. The molecule has 1 aliphatic heterocycles. The zero-order valence-electron chi connectivity index (χ0n) is 44.6. The number of esters is 1. The normalized spacial score (nSPS) is 13.4. The van der Waals surface area contributed by atoms with E-state index in [0.717, 1.165) is 38.9 Å². The van der Waals surface area contributed by atoms with Gasteiger partial charge in [0, 0.05) is 29.7 Å². The molecule has 1 heterocycles. The van der Waals surface area contributed by atoms with E-state index >= 15 is 4.79 Å². The Kier molecular flexibility index (Phi) is 17.4. The Morgan fingerprint density at radius 1 is 0.358 bits per heavy atom. The summed E-state index contributed by atoms with van der Waals surface area (Å²) in [5.41, 5.74) is 8.32. The first-order valence-corrected chi connectivity index (χ1v) is 27.1. The van der Waals surface area contributed by atoms with E-state index in [1.807, 2.05) is 243 Å².